The molecular weight excluding hydrogens is 580 g/mol. The molecule has 0 fully saturated rings. The lowest BCUT2D eigenvalue weighted by Gasteiger charge is -2.41. The fourth-order valence-electron chi connectivity index (χ4n) is 6.41. The molecule has 0 spiro atoms. The van der Waals surface area contributed by atoms with Crippen LogP contribution in [0.25, 0.3) is 11.1 Å². The molecule has 1 amide bonds. The van der Waals surface area contributed by atoms with Crippen LogP contribution >= 0.6 is 0 Å². The van der Waals surface area contributed by atoms with Crippen molar-refractivity contribution in [2.75, 3.05) is 13.2 Å². The summed E-state index contributed by atoms with van der Waals surface area (Å²) in [5.74, 6) is -3.11. The molecule has 2 atom stereocenters. The zero-order chi connectivity index (χ0) is 31.0. The van der Waals surface area contributed by atoms with Crippen LogP contribution in [0.3, 0.4) is 0 Å². The summed E-state index contributed by atoms with van der Waals surface area (Å²) in [4.78, 5) is 40.6. The number of carbonyl (C=O) groups excluding carboxylic acids is 2. The smallest absolute Gasteiger partial charge is 0.313 e. The summed E-state index contributed by atoms with van der Waals surface area (Å²) >= 11 is 0. The molecule has 9 nitrogen and oxygen atoms in total. The lowest BCUT2D eigenvalue weighted by atomic mass is 9.79. The van der Waals surface area contributed by atoms with Crippen molar-refractivity contribution in [3.63, 3.8) is 0 Å². The van der Waals surface area contributed by atoms with Gasteiger partial charge in [-0.1, -0.05) is 78.9 Å². The largest absolute Gasteiger partial charge is 0.481 e. The topological polar surface area (TPSA) is 144 Å². The second-order valence-electron chi connectivity index (χ2n) is 11.0. The van der Waals surface area contributed by atoms with Crippen molar-refractivity contribution in [1.29, 1.82) is 0 Å². The standard InChI is InChI=1S/C34H30N2O7S/c35-44(41,42)22-17-15-21(16-18-22)32-31(34(39)40)27-12-5-6-13-28(27)33(38)36(32)19-7-14-30(37)43-20-29-25-10-3-1-8-23(25)24-9-2-4-11-26(24)29/h1-6,8-13,15-18,29,31-32H,7,14,19-20H2,(H,39,40)(H2,35,41,42)/t31-,32+/m1/s1. The predicted molar refractivity (Wildman–Crippen MR) is 162 cm³/mol. The van der Waals surface area contributed by atoms with Gasteiger partial charge in [0.15, 0.2) is 0 Å². The number of esters is 1. The van der Waals surface area contributed by atoms with Crippen molar-refractivity contribution >= 4 is 27.9 Å². The van der Waals surface area contributed by atoms with Crippen LogP contribution in [0.15, 0.2) is 102 Å². The SMILES string of the molecule is NS(=O)(=O)c1ccc([C@H]2[C@H](C(=O)O)c3ccccc3C(=O)N2CCCC(=O)OCC2c3ccccc3-c3ccccc32)cc1. The van der Waals surface area contributed by atoms with Crippen LogP contribution in [0, 0.1) is 0 Å². The van der Waals surface area contributed by atoms with Crippen LogP contribution in [0.1, 0.15) is 63.3 Å². The number of rotatable bonds is 9. The van der Waals surface area contributed by atoms with Gasteiger partial charge in [0.25, 0.3) is 5.91 Å². The summed E-state index contributed by atoms with van der Waals surface area (Å²) in [5.41, 5.74) is 5.56. The van der Waals surface area contributed by atoms with Crippen LogP contribution in [0.4, 0.5) is 0 Å². The molecule has 0 bridgehead atoms. The molecule has 0 saturated carbocycles. The molecule has 1 aliphatic heterocycles. The summed E-state index contributed by atoms with van der Waals surface area (Å²) in [5, 5.41) is 15.6. The van der Waals surface area contributed by atoms with Crippen LogP contribution in [0.2, 0.25) is 0 Å². The monoisotopic (exact) mass is 610 g/mol. The van der Waals surface area contributed by atoms with Gasteiger partial charge in [0.1, 0.15) is 12.5 Å². The summed E-state index contributed by atoms with van der Waals surface area (Å²) < 4.78 is 29.3. The van der Waals surface area contributed by atoms with Crippen molar-refractivity contribution in [3.05, 3.63) is 125 Å². The number of nitrogens with zero attached hydrogens (tertiary/aromatic N) is 1. The zero-order valence-corrected chi connectivity index (χ0v) is 24.4. The Kier molecular flexibility index (Phi) is 7.79. The second-order valence-corrected chi connectivity index (χ2v) is 12.5. The first kappa shape index (κ1) is 29.3. The highest BCUT2D eigenvalue weighted by molar-refractivity contribution is 7.89. The molecule has 1 heterocycles. The first-order chi connectivity index (χ1) is 21.1. The molecule has 0 radical (unpaired) electrons. The van der Waals surface area contributed by atoms with E-state index in [4.69, 9.17) is 9.88 Å². The van der Waals surface area contributed by atoms with Gasteiger partial charge in [0.2, 0.25) is 10.0 Å². The fraction of sp³-hybridized carbons (Fsp3) is 0.206. The average Bonchev–Trinajstić information content (AvgIpc) is 3.34. The van der Waals surface area contributed by atoms with Crippen molar-refractivity contribution in [1.82, 2.24) is 4.90 Å². The molecule has 44 heavy (non-hydrogen) atoms. The number of sulfonamides is 1. The highest BCUT2D eigenvalue weighted by Gasteiger charge is 2.44. The number of nitrogens with two attached hydrogens (primary N) is 1. The van der Waals surface area contributed by atoms with E-state index in [2.05, 4.69) is 12.1 Å². The molecule has 224 valence electrons. The van der Waals surface area contributed by atoms with Gasteiger partial charge in [-0.2, -0.15) is 0 Å². The zero-order valence-electron chi connectivity index (χ0n) is 23.6. The number of ether oxygens (including phenoxy) is 1. The maximum atomic E-state index is 13.7. The molecule has 4 aromatic rings. The number of carboxylic acids is 1. The van der Waals surface area contributed by atoms with E-state index in [1.165, 1.54) is 29.2 Å². The molecule has 4 aromatic carbocycles. The molecule has 2 aliphatic rings. The molecule has 10 heteroatoms. The van der Waals surface area contributed by atoms with Crippen molar-refractivity contribution in [3.8, 4) is 11.1 Å². The van der Waals surface area contributed by atoms with E-state index in [1.807, 2.05) is 36.4 Å². The lowest BCUT2D eigenvalue weighted by molar-refractivity contribution is -0.144. The maximum Gasteiger partial charge on any atom is 0.313 e. The van der Waals surface area contributed by atoms with E-state index in [0.29, 0.717) is 11.1 Å². The molecule has 1 aliphatic carbocycles. The normalized spacial score (nSPS) is 17.5. The minimum Gasteiger partial charge on any atom is -0.481 e. The molecule has 0 saturated heterocycles. The van der Waals surface area contributed by atoms with Gasteiger partial charge in [0.05, 0.1) is 10.9 Å². The van der Waals surface area contributed by atoms with Gasteiger partial charge in [-0.25, -0.2) is 13.6 Å². The van der Waals surface area contributed by atoms with Gasteiger partial charge < -0.3 is 14.7 Å². The molecule has 3 N–H and O–H groups in total. The maximum absolute atomic E-state index is 13.7. The molecular formula is C34H30N2O7S. The number of carbonyl (C=O) groups is 3. The van der Waals surface area contributed by atoms with Crippen molar-refractivity contribution in [2.24, 2.45) is 5.14 Å². The summed E-state index contributed by atoms with van der Waals surface area (Å²) in [6, 6.07) is 27.3. The van der Waals surface area contributed by atoms with E-state index in [1.54, 1.807) is 24.3 Å². The number of hydrogen-bond acceptors (Lipinski definition) is 6. The first-order valence-electron chi connectivity index (χ1n) is 14.2. The number of primary sulfonamides is 1. The van der Waals surface area contributed by atoms with E-state index in [-0.39, 0.29) is 48.3 Å². The Morgan fingerprint density at radius 1 is 0.795 bits per heavy atom. The van der Waals surface area contributed by atoms with Crippen LogP contribution in [-0.2, 0) is 24.3 Å². The van der Waals surface area contributed by atoms with Gasteiger partial charge >= 0.3 is 11.9 Å². The summed E-state index contributed by atoms with van der Waals surface area (Å²) in [6.07, 6.45) is 0.263. The van der Waals surface area contributed by atoms with Crippen LogP contribution in [-0.4, -0.2) is 49.4 Å². The Morgan fingerprint density at radius 2 is 1.34 bits per heavy atom. The number of benzene rings is 4. The Hall–Kier alpha value is -4.80. The van der Waals surface area contributed by atoms with Gasteiger partial charge in [-0.15, -0.1) is 0 Å². The minimum absolute atomic E-state index is 0.0241. The van der Waals surface area contributed by atoms with Crippen molar-refractivity contribution in [2.45, 2.75) is 35.6 Å². The Morgan fingerprint density at radius 3 is 1.91 bits per heavy atom. The van der Waals surface area contributed by atoms with E-state index >= 15 is 0 Å². The second kappa shape index (κ2) is 11.7. The van der Waals surface area contributed by atoms with E-state index < -0.39 is 33.9 Å². The minimum atomic E-state index is -3.97. The van der Waals surface area contributed by atoms with Gasteiger partial charge in [0, 0.05) is 24.4 Å². The Balaban J connectivity index is 1.19. The Labute approximate surface area is 254 Å². The van der Waals surface area contributed by atoms with E-state index in [9.17, 15) is 27.9 Å². The van der Waals surface area contributed by atoms with E-state index in [0.717, 1.165) is 22.3 Å². The first-order valence-corrected chi connectivity index (χ1v) is 15.8. The Bertz CT molecular complexity index is 1830. The number of carboxylic acid groups (broad SMARTS) is 1. The third-order valence-electron chi connectivity index (χ3n) is 8.41. The molecule has 0 aromatic heterocycles. The lowest BCUT2D eigenvalue weighted by Crippen LogP contribution is -2.45. The van der Waals surface area contributed by atoms with Gasteiger partial charge in [-0.05, 0) is 58.0 Å². The fourth-order valence-corrected chi connectivity index (χ4v) is 6.93. The predicted octanol–water partition coefficient (Wildman–Crippen LogP) is 4.84. The van der Waals surface area contributed by atoms with Gasteiger partial charge in [-0.3, -0.25) is 14.4 Å². The quantitative estimate of drug-likeness (QED) is 0.258. The van der Waals surface area contributed by atoms with Crippen LogP contribution < -0.4 is 5.14 Å². The summed E-state index contributed by atoms with van der Waals surface area (Å²) in [7, 11) is -3.97. The van der Waals surface area contributed by atoms with Crippen molar-refractivity contribution < 1.29 is 32.6 Å². The molecule has 6 rings (SSSR count). The highest BCUT2D eigenvalue weighted by atomic mass is 32.2. The van der Waals surface area contributed by atoms with Crippen LogP contribution in [0.5, 0.6) is 0 Å². The third-order valence-corrected chi connectivity index (χ3v) is 9.34. The summed E-state index contributed by atoms with van der Waals surface area (Å²) in [6.45, 7) is 0.270. The number of aliphatic carboxylic acids is 1. The third kappa shape index (κ3) is 5.38. The number of fused-ring (bicyclic) bond motifs is 4. The number of amides is 1. The average molecular weight is 611 g/mol. The highest BCUT2D eigenvalue weighted by Crippen LogP contribution is 2.45. The number of hydrogen-bond donors (Lipinski definition) is 2. The molecule has 0 unspecified atom stereocenters.